The highest BCUT2D eigenvalue weighted by molar-refractivity contribution is 7.99. The van der Waals surface area contributed by atoms with Gasteiger partial charge in [-0.1, -0.05) is 0 Å². The maximum Gasteiger partial charge on any atom is 0.199 e. The van der Waals surface area contributed by atoms with Crippen molar-refractivity contribution >= 4 is 24.0 Å². The number of benzene rings is 1. The Kier molecular flexibility index (Phi) is 4.62. The molecule has 5 nitrogen and oxygen atoms in total. The van der Waals surface area contributed by atoms with Crippen LogP contribution < -0.4 is 4.74 Å². The van der Waals surface area contributed by atoms with Gasteiger partial charge in [0, 0.05) is 30.3 Å². The first-order chi connectivity index (χ1) is 10.3. The molecule has 0 aliphatic carbocycles. The molecule has 0 radical (unpaired) electrons. The summed E-state index contributed by atoms with van der Waals surface area (Å²) in [5.74, 6) is 4.17. The Bertz CT molecular complexity index is 644. The van der Waals surface area contributed by atoms with Crippen LogP contribution in [0.2, 0.25) is 0 Å². The normalized spacial score (nSPS) is 16.0. The summed E-state index contributed by atoms with van der Waals surface area (Å²) in [6.07, 6.45) is 0. The van der Waals surface area contributed by atoms with E-state index < -0.39 is 0 Å². The van der Waals surface area contributed by atoms with Gasteiger partial charge in [0.1, 0.15) is 11.6 Å². The van der Waals surface area contributed by atoms with E-state index in [9.17, 15) is 0 Å². The second-order valence-electron chi connectivity index (χ2n) is 4.87. The monoisotopic (exact) mass is 322 g/mol. The lowest BCUT2D eigenvalue weighted by Gasteiger charge is -2.25. The topological polar surface area (TPSA) is 46.1 Å². The third kappa shape index (κ3) is 3.30. The number of hydrogen-bond donors (Lipinski definition) is 1. The van der Waals surface area contributed by atoms with E-state index in [1.54, 1.807) is 7.11 Å². The van der Waals surface area contributed by atoms with Crippen molar-refractivity contribution in [3.05, 3.63) is 34.9 Å². The van der Waals surface area contributed by atoms with Crippen LogP contribution in [0.1, 0.15) is 5.82 Å². The summed E-state index contributed by atoms with van der Waals surface area (Å²) >= 11 is 7.38. The number of thioether (sulfide) groups is 1. The molecular weight excluding hydrogens is 304 g/mol. The molecule has 1 aliphatic heterocycles. The molecule has 2 aromatic rings. The molecule has 0 spiro atoms. The van der Waals surface area contributed by atoms with Gasteiger partial charge in [0.15, 0.2) is 4.77 Å². The number of nitrogens with one attached hydrogen (secondary N) is 1. The van der Waals surface area contributed by atoms with Gasteiger partial charge in [-0.2, -0.15) is 16.9 Å². The zero-order valence-corrected chi connectivity index (χ0v) is 13.5. The van der Waals surface area contributed by atoms with Crippen molar-refractivity contribution < 1.29 is 4.74 Å². The van der Waals surface area contributed by atoms with Crippen molar-refractivity contribution in [2.45, 2.75) is 6.54 Å². The Labute approximate surface area is 133 Å². The molecule has 112 valence electrons. The Morgan fingerprint density at radius 1 is 1.29 bits per heavy atom. The quantitative estimate of drug-likeness (QED) is 0.876. The van der Waals surface area contributed by atoms with Crippen LogP contribution in [-0.4, -0.2) is 51.4 Å². The summed E-state index contributed by atoms with van der Waals surface area (Å²) in [4.78, 5) is 2.42. The maximum atomic E-state index is 5.37. The molecule has 2 heterocycles. The second kappa shape index (κ2) is 6.64. The van der Waals surface area contributed by atoms with Crippen molar-refractivity contribution in [1.29, 1.82) is 0 Å². The van der Waals surface area contributed by atoms with Crippen LogP contribution in [-0.2, 0) is 6.54 Å². The number of nitrogens with zero attached hydrogens (tertiary/aromatic N) is 3. The predicted octanol–water partition coefficient (Wildman–Crippen LogP) is 2.49. The minimum Gasteiger partial charge on any atom is -0.497 e. The number of ether oxygens (including phenoxy) is 1. The van der Waals surface area contributed by atoms with Crippen molar-refractivity contribution in [2.75, 3.05) is 31.7 Å². The van der Waals surface area contributed by atoms with Crippen LogP contribution in [0.4, 0.5) is 0 Å². The lowest BCUT2D eigenvalue weighted by molar-refractivity contribution is 0.285. The summed E-state index contributed by atoms with van der Waals surface area (Å²) in [5, 5.41) is 7.30. The van der Waals surface area contributed by atoms with Gasteiger partial charge < -0.3 is 4.74 Å². The van der Waals surface area contributed by atoms with E-state index in [2.05, 4.69) is 15.1 Å². The third-order valence-corrected chi connectivity index (χ3v) is 4.76. The first kappa shape index (κ1) is 14.6. The van der Waals surface area contributed by atoms with Crippen molar-refractivity contribution in [3.8, 4) is 11.4 Å². The Balaban J connectivity index is 1.86. The Hall–Kier alpha value is -1.31. The molecule has 0 saturated carbocycles. The third-order valence-electron chi connectivity index (χ3n) is 3.54. The molecule has 3 rings (SSSR count). The van der Waals surface area contributed by atoms with Crippen LogP contribution in [0, 0.1) is 4.77 Å². The van der Waals surface area contributed by atoms with E-state index in [1.165, 1.54) is 11.5 Å². The first-order valence-corrected chi connectivity index (χ1v) is 8.45. The van der Waals surface area contributed by atoms with Crippen LogP contribution in [0.15, 0.2) is 24.3 Å². The molecule has 0 unspecified atom stereocenters. The molecule has 1 aromatic carbocycles. The Morgan fingerprint density at radius 2 is 2.00 bits per heavy atom. The zero-order valence-electron chi connectivity index (χ0n) is 11.9. The second-order valence-corrected chi connectivity index (χ2v) is 6.48. The molecule has 0 amide bonds. The number of aromatic nitrogens is 3. The fourth-order valence-corrected chi connectivity index (χ4v) is 3.63. The standard InChI is InChI=1S/C14H18N4OS2/c1-19-12-4-2-11(3-5-12)18-13(15-16-14(18)20)10-17-6-8-21-9-7-17/h2-5H,6-10H2,1H3,(H,16,20). The van der Waals surface area contributed by atoms with E-state index >= 15 is 0 Å². The van der Waals surface area contributed by atoms with E-state index in [0.717, 1.165) is 36.9 Å². The molecule has 1 saturated heterocycles. The van der Waals surface area contributed by atoms with Crippen molar-refractivity contribution in [1.82, 2.24) is 19.7 Å². The Morgan fingerprint density at radius 3 is 2.67 bits per heavy atom. The molecular formula is C14H18N4OS2. The number of aromatic amines is 1. The van der Waals surface area contributed by atoms with Gasteiger partial charge in [-0.25, -0.2) is 0 Å². The average molecular weight is 322 g/mol. The van der Waals surface area contributed by atoms with Gasteiger partial charge in [-0.15, -0.1) is 0 Å². The van der Waals surface area contributed by atoms with E-state index in [4.69, 9.17) is 17.0 Å². The number of rotatable bonds is 4. The fraction of sp³-hybridized carbons (Fsp3) is 0.429. The van der Waals surface area contributed by atoms with E-state index in [0.29, 0.717) is 4.77 Å². The number of H-pyrrole nitrogens is 1. The highest BCUT2D eigenvalue weighted by atomic mass is 32.2. The summed E-state index contributed by atoms with van der Waals surface area (Å²) in [6.45, 7) is 3.03. The van der Waals surface area contributed by atoms with Gasteiger partial charge in [-0.05, 0) is 36.5 Å². The van der Waals surface area contributed by atoms with Crippen LogP contribution in [0.3, 0.4) is 0 Å². The summed E-state index contributed by atoms with van der Waals surface area (Å²) in [6, 6.07) is 7.87. The number of methoxy groups -OCH3 is 1. The van der Waals surface area contributed by atoms with Crippen LogP contribution >= 0.6 is 24.0 Å². The maximum absolute atomic E-state index is 5.37. The molecule has 1 N–H and O–H groups in total. The molecule has 1 aromatic heterocycles. The van der Waals surface area contributed by atoms with Gasteiger partial charge in [0.25, 0.3) is 0 Å². The molecule has 1 fully saturated rings. The zero-order chi connectivity index (χ0) is 14.7. The highest BCUT2D eigenvalue weighted by Crippen LogP contribution is 2.18. The van der Waals surface area contributed by atoms with Gasteiger partial charge in [-0.3, -0.25) is 14.6 Å². The van der Waals surface area contributed by atoms with Gasteiger partial charge in [0.05, 0.1) is 13.7 Å². The SMILES string of the molecule is COc1ccc(-n2c(CN3CCSCC3)n[nH]c2=S)cc1. The lowest BCUT2D eigenvalue weighted by Crippen LogP contribution is -2.33. The smallest absolute Gasteiger partial charge is 0.199 e. The van der Waals surface area contributed by atoms with E-state index in [-0.39, 0.29) is 0 Å². The highest BCUT2D eigenvalue weighted by Gasteiger charge is 2.15. The average Bonchev–Trinajstić information content (AvgIpc) is 2.89. The number of hydrogen-bond acceptors (Lipinski definition) is 5. The van der Waals surface area contributed by atoms with Gasteiger partial charge in [0.2, 0.25) is 0 Å². The molecule has 21 heavy (non-hydrogen) atoms. The minimum atomic E-state index is 0.626. The summed E-state index contributed by atoms with van der Waals surface area (Å²) < 4.78 is 7.82. The minimum absolute atomic E-state index is 0.626. The molecule has 7 heteroatoms. The molecule has 1 aliphatic rings. The van der Waals surface area contributed by atoms with Crippen molar-refractivity contribution in [2.24, 2.45) is 0 Å². The van der Waals surface area contributed by atoms with Crippen LogP contribution in [0.25, 0.3) is 5.69 Å². The van der Waals surface area contributed by atoms with Crippen LogP contribution in [0.5, 0.6) is 5.75 Å². The van der Waals surface area contributed by atoms with E-state index in [1.807, 2.05) is 40.6 Å². The summed E-state index contributed by atoms with van der Waals surface area (Å²) in [7, 11) is 1.66. The molecule has 0 bridgehead atoms. The fourth-order valence-electron chi connectivity index (χ4n) is 2.39. The summed E-state index contributed by atoms with van der Waals surface area (Å²) in [5.41, 5.74) is 1.01. The van der Waals surface area contributed by atoms with Crippen molar-refractivity contribution in [3.63, 3.8) is 0 Å². The molecule has 0 atom stereocenters. The lowest BCUT2D eigenvalue weighted by atomic mass is 10.3. The largest absolute Gasteiger partial charge is 0.497 e. The van der Waals surface area contributed by atoms with Gasteiger partial charge >= 0.3 is 0 Å². The first-order valence-electron chi connectivity index (χ1n) is 6.89. The predicted molar refractivity (Wildman–Crippen MR) is 87.9 cm³/mol.